The van der Waals surface area contributed by atoms with E-state index in [0.717, 1.165) is 11.3 Å². The Morgan fingerprint density at radius 1 is 1.08 bits per heavy atom. The lowest BCUT2D eigenvalue weighted by molar-refractivity contribution is 0.591. The summed E-state index contributed by atoms with van der Waals surface area (Å²) in [6.45, 7) is 0.453. The van der Waals surface area contributed by atoms with E-state index in [0.29, 0.717) is 34.7 Å². The van der Waals surface area contributed by atoms with Crippen molar-refractivity contribution in [1.82, 2.24) is 25.0 Å². The number of hydrogen-bond acceptors (Lipinski definition) is 6. The number of aromatic nitrogens is 5. The summed E-state index contributed by atoms with van der Waals surface area (Å²) in [4.78, 5) is 10.2. The molecule has 7 nitrogen and oxygen atoms in total. The predicted octanol–water partition coefficient (Wildman–Crippen LogP) is 2.39. The van der Waals surface area contributed by atoms with Crippen molar-refractivity contribution >= 4 is 16.9 Å². The van der Waals surface area contributed by atoms with E-state index in [9.17, 15) is 0 Å². The molecule has 0 atom stereocenters. The van der Waals surface area contributed by atoms with E-state index >= 15 is 0 Å². The molecule has 4 aromatic rings. The third-order valence-electron chi connectivity index (χ3n) is 3.76. The van der Waals surface area contributed by atoms with Crippen molar-refractivity contribution < 1.29 is 0 Å². The fourth-order valence-electron chi connectivity index (χ4n) is 2.59. The summed E-state index contributed by atoms with van der Waals surface area (Å²) in [7, 11) is 0. The minimum absolute atomic E-state index is 0.308. The summed E-state index contributed by atoms with van der Waals surface area (Å²) >= 11 is 0. The first-order valence-electron chi connectivity index (χ1n) is 7.65. The van der Waals surface area contributed by atoms with Crippen molar-refractivity contribution in [2.75, 3.05) is 5.73 Å². The molecule has 4 rings (SSSR count). The summed E-state index contributed by atoms with van der Waals surface area (Å²) in [5, 5.41) is 17.9. The molecule has 0 saturated carbocycles. The van der Waals surface area contributed by atoms with Gasteiger partial charge in [0.2, 0.25) is 0 Å². The van der Waals surface area contributed by atoms with Gasteiger partial charge in [-0.1, -0.05) is 18.2 Å². The van der Waals surface area contributed by atoms with Crippen LogP contribution in [0.4, 0.5) is 5.82 Å². The summed E-state index contributed by atoms with van der Waals surface area (Å²) in [5.74, 6) is 0.308. The maximum atomic E-state index is 9.05. The van der Waals surface area contributed by atoms with Crippen molar-refractivity contribution in [3.05, 3.63) is 66.0 Å². The van der Waals surface area contributed by atoms with Crippen LogP contribution in [-0.2, 0) is 6.54 Å². The summed E-state index contributed by atoms with van der Waals surface area (Å²) in [6, 6.07) is 16.8. The van der Waals surface area contributed by atoms with Gasteiger partial charge in [0, 0.05) is 11.8 Å². The highest BCUT2D eigenvalue weighted by Gasteiger charge is 2.12. The van der Waals surface area contributed by atoms with Gasteiger partial charge in [0.25, 0.3) is 0 Å². The van der Waals surface area contributed by atoms with Crippen molar-refractivity contribution in [3.63, 3.8) is 0 Å². The Morgan fingerprint density at radius 3 is 2.80 bits per heavy atom. The lowest BCUT2D eigenvalue weighted by Crippen LogP contribution is -2.04. The van der Waals surface area contributed by atoms with Crippen LogP contribution in [0.15, 0.2) is 54.7 Å². The smallest absolute Gasteiger partial charge is 0.155 e. The number of nitrogens with two attached hydrogens (primary N) is 1. The number of nitrogen functional groups attached to an aromatic ring is 1. The summed E-state index contributed by atoms with van der Waals surface area (Å²) in [5.41, 5.74) is 10.2. The average molecular weight is 327 g/mol. The third kappa shape index (κ3) is 2.88. The molecule has 120 valence electrons. The van der Waals surface area contributed by atoms with E-state index in [2.05, 4.69) is 26.2 Å². The van der Waals surface area contributed by atoms with Crippen LogP contribution in [0.2, 0.25) is 0 Å². The first kappa shape index (κ1) is 14.8. The van der Waals surface area contributed by atoms with E-state index in [-0.39, 0.29) is 0 Å². The summed E-state index contributed by atoms with van der Waals surface area (Å²) < 4.78 is 0. The second-order valence-electron chi connectivity index (χ2n) is 5.50. The monoisotopic (exact) mass is 327 g/mol. The number of fused-ring (bicyclic) bond motifs is 1. The molecule has 0 fully saturated rings. The van der Waals surface area contributed by atoms with Gasteiger partial charge in [-0.25, -0.2) is 4.98 Å². The van der Waals surface area contributed by atoms with Gasteiger partial charge in [0.15, 0.2) is 11.3 Å². The molecule has 0 amide bonds. The van der Waals surface area contributed by atoms with Gasteiger partial charge in [-0.05, 0) is 30.3 Å². The average Bonchev–Trinajstić information content (AvgIpc) is 3.05. The zero-order valence-electron chi connectivity index (χ0n) is 13.2. The summed E-state index contributed by atoms with van der Waals surface area (Å²) in [6.07, 6.45) is 1.73. The Hall–Kier alpha value is -3.79. The Kier molecular flexibility index (Phi) is 3.56. The predicted molar refractivity (Wildman–Crippen MR) is 93.2 cm³/mol. The van der Waals surface area contributed by atoms with Crippen molar-refractivity contribution in [2.24, 2.45) is 0 Å². The van der Waals surface area contributed by atoms with Crippen LogP contribution in [0.25, 0.3) is 22.3 Å². The number of rotatable bonds is 3. The third-order valence-corrected chi connectivity index (χ3v) is 3.76. The van der Waals surface area contributed by atoms with Crippen LogP contribution in [0.3, 0.4) is 0 Å². The molecule has 1 aromatic carbocycles. The van der Waals surface area contributed by atoms with Crippen LogP contribution in [0.1, 0.15) is 11.3 Å². The molecule has 0 aliphatic carbocycles. The van der Waals surface area contributed by atoms with Gasteiger partial charge in [-0.15, -0.1) is 5.10 Å². The molecule has 0 aliphatic heterocycles. The highest BCUT2D eigenvalue weighted by atomic mass is 15.5. The van der Waals surface area contributed by atoms with Gasteiger partial charge in [-0.2, -0.15) is 15.2 Å². The first-order valence-corrected chi connectivity index (χ1v) is 7.65. The van der Waals surface area contributed by atoms with E-state index in [1.54, 1.807) is 23.1 Å². The fourth-order valence-corrected chi connectivity index (χ4v) is 2.59. The molecular formula is C18H13N7. The molecule has 0 unspecified atom stereocenters. The number of benzene rings is 1. The zero-order valence-corrected chi connectivity index (χ0v) is 13.2. The Balaban J connectivity index is 1.75. The van der Waals surface area contributed by atoms with Crippen LogP contribution < -0.4 is 5.73 Å². The maximum absolute atomic E-state index is 9.05. The lowest BCUT2D eigenvalue weighted by Gasteiger charge is -2.02. The maximum Gasteiger partial charge on any atom is 0.155 e. The molecule has 0 aliphatic rings. The quantitative estimate of drug-likeness (QED) is 0.619. The van der Waals surface area contributed by atoms with Gasteiger partial charge in [-0.3, -0.25) is 4.98 Å². The number of anilines is 1. The van der Waals surface area contributed by atoms with Crippen molar-refractivity contribution in [3.8, 4) is 17.3 Å². The highest BCUT2D eigenvalue weighted by molar-refractivity contribution is 5.87. The zero-order chi connectivity index (χ0) is 17.2. The molecule has 0 bridgehead atoms. The van der Waals surface area contributed by atoms with Gasteiger partial charge < -0.3 is 5.73 Å². The van der Waals surface area contributed by atoms with Gasteiger partial charge in [0.1, 0.15) is 12.1 Å². The van der Waals surface area contributed by atoms with Crippen molar-refractivity contribution in [1.29, 1.82) is 5.26 Å². The molecular weight excluding hydrogens is 314 g/mol. The van der Waals surface area contributed by atoms with E-state index in [1.807, 2.05) is 36.4 Å². The van der Waals surface area contributed by atoms with Crippen LogP contribution in [0, 0.1) is 11.3 Å². The number of nitrogens with zero attached hydrogens (tertiary/aromatic N) is 6. The number of nitriles is 1. The molecule has 2 N–H and O–H groups in total. The largest absolute Gasteiger partial charge is 0.382 e. The minimum atomic E-state index is 0.308. The standard InChI is InChI=1S/C18H13N7/c19-10-12-4-3-5-13(8-12)15-9-16-17(18(20)22-15)24-25(23-16)11-14-6-1-2-7-21-14/h1-9H,11H2,(H2,20,22). The molecule has 0 radical (unpaired) electrons. The number of hydrogen-bond donors (Lipinski definition) is 1. The van der Waals surface area contributed by atoms with Crippen LogP contribution in [-0.4, -0.2) is 25.0 Å². The molecule has 25 heavy (non-hydrogen) atoms. The highest BCUT2D eigenvalue weighted by Crippen LogP contribution is 2.24. The Labute approximate surface area is 143 Å². The van der Waals surface area contributed by atoms with Crippen LogP contribution in [0.5, 0.6) is 0 Å². The van der Waals surface area contributed by atoms with E-state index in [4.69, 9.17) is 11.0 Å². The minimum Gasteiger partial charge on any atom is -0.382 e. The second-order valence-corrected chi connectivity index (χ2v) is 5.50. The molecule has 3 heterocycles. The lowest BCUT2D eigenvalue weighted by atomic mass is 10.1. The molecule has 0 saturated heterocycles. The Bertz CT molecular complexity index is 1090. The first-order chi connectivity index (χ1) is 12.2. The van der Waals surface area contributed by atoms with Gasteiger partial charge >= 0.3 is 0 Å². The van der Waals surface area contributed by atoms with Crippen molar-refractivity contribution in [2.45, 2.75) is 6.54 Å². The van der Waals surface area contributed by atoms with Crippen LogP contribution >= 0.6 is 0 Å². The number of pyridine rings is 2. The van der Waals surface area contributed by atoms with E-state index in [1.165, 1.54) is 0 Å². The normalized spacial score (nSPS) is 10.7. The second kappa shape index (κ2) is 6.02. The SMILES string of the molecule is N#Cc1cccc(-c2cc3nn(Cc4ccccn4)nc3c(N)n2)c1. The Morgan fingerprint density at radius 2 is 2.00 bits per heavy atom. The van der Waals surface area contributed by atoms with E-state index < -0.39 is 0 Å². The van der Waals surface area contributed by atoms with Gasteiger partial charge in [0.05, 0.1) is 23.0 Å². The topological polar surface area (TPSA) is 106 Å². The molecule has 3 aromatic heterocycles. The molecule has 0 spiro atoms. The molecule has 7 heteroatoms. The fraction of sp³-hybridized carbons (Fsp3) is 0.0556.